The third-order valence-corrected chi connectivity index (χ3v) is 2.41. The minimum absolute atomic E-state index is 0.214. The molecule has 0 aromatic carbocycles. The van der Waals surface area contributed by atoms with E-state index in [1.807, 2.05) is 0 Å². The predicted octanol–water partition coefficient (Wildman–Crippen LogP) is 0.589. The molecule has 0 saturated carbocycles. The molecule has 14 heavy (non-hydrogen) atoms. The molecule has 1 aliphatic rings. The molecule has 1 amide bonds. The van der Waals surface area contributed by atoms with Gasteiger partial charge < -0.3 is 5.32 Å². The van der Waals surface area contributed by atoms with Gasteiger partial charge >= 0.3 is 16.5 Å². The van der Waals surface area contributed by atoms with Crippen LogP contribution in [0.15, 0.2) is 0 Å². The molecule has 2 unspecified atom stereocenters. The second-order valence-corrected chi connectivity index (χ2v) is 3.97. The summed E-state index contributed by atoms with van der Waals surface area (Å²) in [6.45, 7) is 0.888. The van der Waals surface area contributed by atoms with Crippen molar-refractivity contribution in [1.29, 1.82) is 0 Å². The van der Waals surface area contributed by atoms with Crippen molar-refractivity contribution in [3.05, 3.63) is 0 Å². The Kier molecular flexibility index (Phi) is 7.65. The monoisotopic (exact) mass is 243 g/mol. The van der Waals surface area contributed by atoms with Gasteiger partial charge in [-0.1, -0.05) is 0 Å². The topological polar surface area (TPSA) is 113 Å². The highest BCUT2D eigenvalue weighted by atomic mass is 31.2. The molecule has 1 aliphatic heterocycles. The Balaban J connectivity index is 0.000000241. The molecule has 0 aromatic heterocycles. The maximum atomic E-state index is 10.4. The molecule has 0 spiro atoms. The lowest BCUT2D eigenvalue weighted by Crippen LogP contribution is -2.28. The Bertz CT molecular complexity index is 212. The van der Waals surface area contributed by atoms with Crippen LogP contribution in [0.5, 0.6) is 0 Å². The van der Waals surface area contributed by atoms with Crippen LogP contribution in [0.4, 0.5) is 0 Å². The normalized spacial score (nSPS) is 17.4. The first-order valence-corrected chi connectivity index (χ1v) is 6.05. The molecular weight excluding hydrogens is 232 g/mol. The van der Waals surface area contributed by atoms with E-state index < -0.39 is 16.5 Å². The summed E-state index contributed by atoms with van der Waals surface area (Å²) in [5.74, 6) is 0.214. The zero-order chi connectivity index (χ0) is 11.0. The number of carbonyl (C=O) groups is 1. The highest BCUT2D eigenvalue weighted by Gasteiger charge is 2.31. The second kappa shape index (κ2) is 7.91. The van der Waals surface area contributed by atoms with Gasteiger partial charge in [-0.3, -0.25) is 4.79 Å². The third kappa shape index (κ3) is 9.64. The first kappa shape index (κ1) is 13.5. The maximum Gasteiger partial charge on any atom is 0.745 e. The van der Waals surface area contributed by atoms with E-state index in [9.17, 15) is 13.9 Å². The highest BCUT2D eigenvalue weighted by molar-refractivity contribution is 7.46. The summed E-state index contributed by atoms with van der Waals surface area (Å²) < 4.78 is 22.2. The van der Waals surface area contributed by atoms with Crippen LogP contribution in [0.2, 0.25) is 0 Å². The lowest BCUT2D eigenvalue weighted by molar-refractivity contribution is -0.122. The van der Waals surface area contributed by atoms with E-state index in [0.29, 0.717) is 0 Å². The van der Waals surface area contributed by atoms with Gasteiger partial charge in [0.15, 0.2) is 4.31 Å². The number of piperidine rings is 1. The van der Waals surface area contributed by atoms with E-state index in [-0.39, 0.29) is 5.91 Å². The summed E-state index contributed by atoms with van der Waals surface area (Å²) in [5.41, 5.74) is 0. The van der Waals surface area contributed by atoms with Crippen LogP contribution in [-0.2, 0) is 18.2 Å². The largest absolute Gasteiger partial charge is 0.745 e. The van der Waals surface area contributed by atoms with Crippen molar-refractivity contribution in [2.24, 2.45) is 0 Å². The second-order valence-electron chi connectivity index (χ2n) is 2.36. The fraction of sp³-hybridized carbons (Fsp3) is 0.800. The number of hydrogen-bond acceptors (Lipinski definition) is 4. The zero-order valence-electron chi connectivity index (χ0n) is 7.25. The minimum atomic E-state index is -2.92. The van der Waals surface area contributed by atoms with Gasteiger partial charge in [0, 0.05) is 22.1 Å². The van der Waals surface area contributed by atoms with Gasteiger partial charge in [0.2, 0.25) is 5.91 Å². The number of carbonyl (C=O) groups excluding carboxylic acids is 1. The van der Waals surface area contributed by atoms with Gasteiger partial charge in [0.05, 0.1) is 0 Å². The quantitative estimate of drug-likeness (QED) is 0.611. The molecule has 2 atom stereocenters. The Labute approximate surface area is 82.4 Å². The first-order chi connectivity index (χ1) is 6.52. The molecule has 1 heterocycles. The van der Waals surface area contributed by atoms with Crippen molar-refractivity contribution < 1.29 is 28.0 Å². The van der Waals surface area contributed by atoms with Crippen LogP contribution in [0.3, 0.4) is 0 Å². The highest BCUT2D eigenvalue weighted by Crippen LogP contribution is 2.30. The first-order valence-electron chi connectivity index (χ1n) is 3.79. The summed E-state index contributed by atoms with van der Waals surface area (Å²) in [7, 11) is -5.85. The Morgan fingerprint density at radius 2 is 1.79 bits per heavy atom. The summed E-state index contributed by atoms with van der Waals surface area (Å²) in [5, 5.41) is 2.74. The van der Waals surface area contributed by atoms with E-state index >= 15 is 0 Å². The molecule has 3 N–H and O–H groups in total. The van der Waals surface area contributed by atoms with Crippen molar-refractivity contribution in [2.75, 3.05) is 6.54 Å². The van der Waals surface area contributed by atoms with E-state index in [4.69, 9.17) is 9.79 Å². The lowest BCUT2D eigenvalue weighted by Gasteiger charge is -2.08. The van der Waals surface area contributed by atoms with E-state index in [1.54, 1.807) is 0 Å². The molecule has 1 fully saturated rings. The molecule has 80 valence electrons. The molecule has 1 rings (SSSR count). The Morgan fingerprint density at radius 1 is 1.21 bits per heavy atom. The van der Waals surface area contributed by atoms with Gasteiger partial charge in [-0.15, -0.1) is 9.79 Å². The lowest BCUT2D eigenvalue weighted by atomic mass is 10.2. The fourth-order valence-corrected chi connectivity index (χ4v) is 1.26. The number of nitrogens with one attached hydrogen (secondary N) is 1. The molecular formula is C5H11NO6P2+2. The average Bonchev–Trinajstić information content (AvgIpc) is 2.03. The number of amides is 1. The van der Waals surface area contributed by atoms with Gasteiger partial charge in [0.25, 0.3) is 0 Å². The van der Waals surface area contributed by atoms with Crippen LogP contribution in [-0.4, -0.2) is 22.2 Å². The molecule has 0 aliphatic carbocycles. The molecule has 1 saturated heterocycles. The van der Waals surface area contributed by atoms with Crippen LogP contribution in [0.1, 0.15) is 19.3 Å². The zero-order valence-corrected chi connectivity index (χ0v) is 9.04. The SMILES string of the molecule is O=C1CCCCN1.O=[P+](O)O[P+](=O)O. The maximum absolute atomic E-state index is 10.4. The van der Waals surface area contributed by atoms with Gasteiger partial charge in [-0.05, 0) is 12.8 Å². The van der Waals surface area contributed by atoms with Gasteiger partial charge in [0.1, 0.15) is 0 Å². The molecule has 7 nitrogen and oxygen atoms in total. The van der Waals surface area contributed by atoms with Crippen LogP contribution >= 0.6 is 16.5 Å². The smallest absolute Gasteiger partial charge is 0.356 e. The van der Waals surface area contributed by atoms with Crippen molar-refractivity contribution in [3.8, 4) is 0 Å². The Morgan fingerprint density at radius 3 is 1.93 bits per heavy atom. The minimum Gasteiger partial charge on any atom is -0.356 e. The summed E-state index contributed by atoms with van der Waals surface area (Å²) in [6.07, 6.45) is 2.97. The van der Waals surface area contributed by atoms with Crippen molar-refractivity contribution in [1.82, 2.24) is 5.32 Å². The van der Waals surface area contributed by atoms with Gasteiger partial charge in [-0.2, -0.15) is 0 Å². The summed E-state index contributed by atoms with van der Waals surface area (Å²) in [6, 6.07) is 0. The van der Waals surface area contributed by atoms with E-state index in [1.165, 1.54) is 0 Å². The molecule has 9 heteroatoms. The summed E-state index contributed by atoms with van der Waals surface area (Å²) in [4.78, 5) is 25.7. The van der Waals surface area contributed by atoms with E-state index in [2.05, 4.69) is 9.63 Å². The van der Waals surface area contributed by atoms with Crippen LogP contribution < -0.4 is 5.32 Å². The predicted molar refractivity (Wildman–Crippen MR) is 47.6 cm³/mol. The molecule has 0 radical (unpaired) electrons. The van der Waals surface area contributed by atoms with Crippen molar-refractivity contribution >= 4 is 22.4 Å². The van der Waals surface area contributed by atoms with Crippen molar-refractivity contribution in [3.63, 3.8) is 0 Å². The number of rotatable bonds is 2. The van der Waals surface area contributed by atoms with Gasteiger partial charge in [-0.25, -0.2) is 0 Å². The van der Waals surface area contributed by atoms with Crippen molar-refractivity contribution in [2.45, 2.75) is 19.3 Å². The van der Waals surface area contributed by atoms with E-state index in [0.717, 1.165) is 25.8 Å². The Hall–Kier alpha value is -0.450. The fourth-order valence-electron chi connectivity index (χ4n) is 0.787. The third-order valence-electron chi connectivity index (χ3n) is 1.29. The van der Waals surface area contributed by atoms with Crippen LogP contribution in [0, 0.1) is 0 Å². The number of hydrogen-bond donors (Lipinski definition) is 3. The summed E-state index contributed by atoms with van der Waals surface area (Å²) >= 11 is 0. The molecule has 0 bridgehead atoms. The van der Waals surface area contributed by atoms with Crippen LogP contribution in [0.25, 0.3) is 0 Å². The standard InChI is InChI=1S/C5H9NO.O5P2/c7-5-3-1-2-4-6-5;1-6(2)5-7(3)4/h1-4H2,(H,6,7);/p+2. The average molecular weight is 243 g/mol. The molecule has 0 aromatic rings.